The molecule has 2 aromatic heterocycles. The monoisotopic (exact) mass is 466 g/mol. The number of nitrogens with zero attached hydrogens (tertiary/aromatic N) is 5. The summed E-state index contributed by atoms with van der Waals surface area (Å²) in [5.74, 6) is 2.13. The van der Waals surface area contributed by atoms with E-state index < -0.39 is 0 Å². The Labute approximate surface area is 197 Å². The summed E-state index contributed by atoms with van der Waals surface area (Å²) in [5.41, 5.74) is 3.24. The molecule has 6 nitrogen and oxygen atoms in total. The molecule has 2 aromatic carbocycles. The summed E-state index contributed by atoms with van der Waals surface area (Å²) in [6.07, 6.45) is 4.03. The van der Waals surface area contributed by atoms with Crippen LogP contribution in [-0.4, -0.2) is 46.2 Å². The second-order valence-corrected chi connectivity index (χ2v) is 9.03. The van der Waals surface area contributed by atoms with Gasteiger partial charge >= 0.3 is 0 Å². The van der Waals surface area contributed by atoms with Crippen molar-refractivity contribution < 1.29 is 0 Å². The molecular formula is C24H24Cl2N6. The third kappa shape index (κ3) is 4.06. The van der Waals surface area contributed by atoms with E-state index in [0.717, 1.165) is 53.7 Å². The molecule has 1 saturated heterocycles. The summed E-state index contributed by atoms with van der Waals surface area (Å²) >= 11 is 12.7. The highest BCUT2D eigenvalue weighted by molar-refractivity contribution is 6.33. The van der Waals surface area contributed by atoms with Gasteiger partial charge in [-0.1, -0.05) is 35.3 Å². The van der Waals surface area contributed by atoms with Crippen molar-refractivity contribution in [3.8, 4) is 17.1 Å². The highest BCUT2D eigenvalue weighted by Crippen LogP contribution is 2.34. The minimum absolute atomic E-state index is 0.583. The number of hydrogen-bond donors (Lipinski definition) is 1. The predicted octanol–water partition coefficient (Wildman–Crippen LogP) is 5.23. The number of halogens is 2. The lowest BCUT2D eigenvalue weighted by Crippen LogP contribution is -2.37. The standard InChI is InChI=1S/C24H24Cl2N6/c1-31(14-16-5-4-12-27-13-16)23-21-24(29-15-28-23)32(18-10-8-17(25)9-11-18)22(30-21)19-6-2-3-7-20(19)26/h2-3,6-11,15-16,27H,4-5,12-14H2,1H3. The summed E-state index contributed by atoms with van der Waals surface area (Å²) in [4.78, 5) is 16.4. The van der Waals surface area contributed by atoms with E-state index in [1.54, 1.807) is 6.33 Å². The van der Waals surface area contributed by atoms with Crippen LogP contribution >= 0.6 is 23.2 Å². The first kappa shape index (κ1) is 21.2. The molecule has 0 aliphatic carbocycles. The lowest BCUT2D eigenvalue weighted by Gasteiger charge is -2.28. The normalized spacial score (nSPS) is 16.4. The molecule has 1 aliphatic rings. The van der Waals surface area contributed by atoms with E-state index in [1.807, 2.05) is 53.1 Å². The van der Waals surface area contributed by atoms with Crippen molar-refractivity contribution in [2.24, 2.45) is 5.92 Å². The van der Waals surface area contributed by atoms with Gasteiger partial charge in [-0.15, -0.1) is 0 Å². The molecule has 1 atom stereocenters. The Morgan fingerprint density at radius 2 is 1.91 bits per heavy atom. The van der Waals surface area contributed by atoms with Gasteiger partial charge < -0.3 is 10.2 Å². The number of fused-ring (bicyclic) bond motifs is 1. The van der Waals surface area contributed by atoms with E-state index in [-0.39, 0.29) is 0 Å². The van der Waals surface area contributed by atoms with E-state index in [0.29, 0.717) is 16.0 Å². The summed E-state index contributed by atoms with van der Waals surface area (Å²) < 4.78 is 2.02. The van der Waals surface area contributed by atoms with Gasteiger partial charge in [0, 0.05) is 29.9 Å². The molecule has 164 valence electrons. The van der Waals surface area contributed by atoms with Gasteiger partial charge in [0.15, 0.2) is 17.0 Å². The number of piperidine rings is 1. The summed E-state index contributed by atoms with van der Waals surface area (Å²) in [7, 11) is 2.08. The van der Waals surface area contributed by atoms with Crippen LogP contribution in [0.25, 0.3) is 28.2 Å². The molecule has 0 bridgehead atoms. The van der Waals surface area contributed by atoms with Gasteiger partial charge in [0.2, 0.25) is 0 Å². The topological polar surface area (TPSA) is 58.9 Å². The SMILES string of the molecule is CN(CC1CCCNC1)c1ncnc2c1nc(-c1ccccc1Cl)n2-c1ccc(Cl)cc1. The average molecular weight is 467 g/mol. The van der Waals surface area contributed by atoms with Crippen LogP contribution in [0, 0.1) is 5.92 Å². The molecule has 3 heterocycles. The second-order valence-electron chi connectivity index (χ2n) is 8.19. The van der Waals surface area contributed by atoms with Crippen molar-refractivity contribution in [2.45, 2.75) is 12.8 Å². The van der Waals surface area contributed by atoms with E-state index in [4.69, 9.17) is 28.2 Å². The first-order valence-corrected chi connectivity index (χ1v) is 11.5. The van der Waals surface area contributed by atoms with Crippen molar-refractivity contribution in [3.63, 3.8) is 0 Å². The molecule has 0 saturated carbocycles. The van der Waals surface area contributed by atoms with Crippen molar-refractivity contribution >= 4 is 40.2 Å². The number of anilines is 1. The fraction of sp³-hybridized carbons (Fsp3) is 0.292. The maximum absolute atomic E-state index is 6.57. The fourth-order valence-electron chi connectivity index (χ4n) is 4.37. The Kier molecular flexibility index (Phi) is 6.00. The number of rotatable bonds is 5. The van der Waals surface area contributed by atoms with Gasteiger partial charge in [-0.2, -0.15) is 0 Å². The van der Waals surface area contributed by atoms with E-state index in [2.05, 4.69) is 27.2 Å². The summed E-state index contributed by atoms with van der Waals surface area (Å²) in [6.45, 7) is 3.04. The largest absolute Gasteiger partial charge is 0.357 e. The Hall–Kier alpha value is -2.67. The van der Waals surface area contributed by atoms with Crippen molar-refractivity contribution in [3.05, 3.63) is 64.9 Å². The van der Waals surface area contributed by atoms with E-state index in [1.165, 1.54) is 12.8 Å². The molecule has 0 spiro atoms. The van der Waals surface area contributed by atoms with Crippen molar-refractivity contribution in [2.75, 3.05) is 31.6 Å². The van der Waals surface area contributed by atoms with Crippen LogP contribution in [0.15, 0.2) is 54.9 Å². The zero-order valence-corrected chi connectivity index (χ0v) is 19.3. The molecule has 32 heavy (non-hydrogen) atoms. The van der Waals surface area contributed by atoms with Crippen molar-refractivity contribution in [1.82, 2.24) is 24.8 Å². The third-order valence-electron chi connectivity index (χ3n) is 5.92. The van der Waals surface area contributed by atoms with Gasteiger partial charge in [0.25, 0.3) is 0 Å². The molecular weight excluding hydrogens is 443 g/mol. The number of hydrogen-bond acceptors (Lipinski definition) is 5. The Balaban J connectivity index is 1.66. The molecule has 0 radical (unpaired) electrons. The van der Waals surface area contributed by atoms with Gasteiger partial charge in [0.1, 0.15) is 12.2 Å². The smallest absolute Gasteiger partial charge is 0.170 e. The van der Waals surface area contributed by atoms with Crippen LogP contribution in [0.2, 0.25) is 10.0 Å². The zero-order valence-electron chi connectivity index (χ0n) is 17.8. The third-order valence-corrected chi connectivity index (χ3v) is 6.50. The van der Waals surface area contributed by atoms with Gasteiger partial charge in [-0.05, 0) is 68.2 Å². The molecule has 4 aromatic rings. The lowest BCUT2D eigenvalue weighted by molar-refractivity contribution is 0.381. The van der Waals surface area contributed by atoms with Crippen LogP contribution in [0.5, 0.6) is 0 Å². The van der Waals surface area contributed by atoms with E-state index in [9.17, 15) is 0 Å². The molecule has 1 N–H and O–H groups in total. The van der Waals surface area contributed by atoms with E-state index >= 15 is 0 Å². The molecule has 1 unspecified atom stereocenters. The van der Waals surface area contributed by atoms with Crippen LogP contribution in [0.4, 0.5) is 5.82 Å². The zero-order chi connectivity index (χ0) is 22.1. The number of aromatic nitrogens is 4. The minimum Gasteiger partial charge on any atom is -0.357 e. The predicted molar refractivity (Wildman–Crippen MR) is 131 cm³/mol. The second kappa shape index (κ2) is 9.06. The first-order chi connectivity index (χ1) is 15.6. The van der Waals surface area contributed by atoms with Crippen LogP contribution < -0.4 is 10.2 Å². The number of nitrogens with one attached hydrogen (secondary N) is 1. The number of imidazole rings is 1. The average Bonchev–Trinajstić information content (AvgIpc) is 3.20. The lowest BCUT2D eigenvalue weighted by atomic mass is 9.99. The highest BCUT2D eigenvalue weighted by atomic mass is 35.5. The quantitative estimate of drug-likeness (QED) is 0.436. The Morgan fingerprint density at radius 3 is 2.66 bits per heavy atom. The summed E-state index contributed by atoms with van der Waals surface area (Å²) in [5, 5.41) is 4.80. The molecule has 0 amide bonds. The maximum atomic E-state index is 6.57. The minimum atomic E-state index is 0.583. The molecule has 8 heteroatoms. The molecule has 1 aliphatic heterocycles. The van der Waals surface area contributed by atoms with Gasteiger partial charge in [-0.25, -0.2) is 15.0 Å². The van der Waals surface area contributed by atoms with Gasteiger partial charge in [-0.3, -0.25) is 4.57 Å². The fourth-order valence-corrected chi connectivity index (χ4v) is 4.72. The molecule has 1 fully saturated rings. The number of benzene rings is 2. The Morgan fingerprint density at radius 1 is 1.09 bits per heavy atom. The van der Waals surface area contributed by atoms with Gasteiger partial charge in [0.05, 0.1) is 5.02 Å². The van der Waals surface area contributed by atoms with Crippen LogP contribution in [0.3, 0.4) is 0 Å². The highest BCUT2D eigenvalue weighted by Gasteiger charge is 2.23. The molecule has 5 rings (SSSR count). The van der Waals surface area contributed by atoms with Crippen molar-refractivity contribution in [1.29, 1.82) is 0 Å². The van der Waals surface area contributed by atoms with Crippen LogP contribution in [-0.2, 0) is 0 Å². The maximum Gasteiger partial charge on any atom is 0.170 e. The summed E-state index contributed by atoms with van der Waals surface area (Å²) in [6, 6.07) is 15.4. The first-order valence-electron chi connectivity index (χ1n) is 10.8. The van der Waals surface area contributed by atoms with Crippen LogP contribution in [0.1, 0.15) is 12.8 Å². The Bertz CT molecular complexity index is 1230.